The summed E-state index contributed by atoms with van der Waals surface area (Å²) in [6.45, 7) is 0. The van der Waals surface area contributed by atoms with Gasteiger partial charge in [-0.05, 0) is 118 Å². The van der Waals surface area contributed by atoms with E-state index in [1.165, 1.54) is 11.1 Å². The molecule has 0 spiro atoms. The molecule has 0 atom stereocenters. The van der Waals surface area contributed by atoms with Gasteiger partial charge in [-0.15, -0.1) is 0 Å². The third-order valence-corrected chi connectivity index (χ3v) is 13.9. The summed E-state index contributed by atoms with van der Waals surface area (Å²) in [5.74, 6) is 1.55. The topological polar surface area (TPSA) is 42.0 Å². The Morgan fingerprint density at radius 1 is 0.254 bits per heavy atom. The van der Waals surface area contributed by atoms with Crippen LogP contribution in [-0.4, -0.2) is 0 Å². The summed E-state index contributed by atoms with van der Waals surface area (Å²) in [6, 6.07) is 89.6. The molecule has 14 rings (SSSR count). The summed E-state index contributed by atoms with van der Waals surface area (Å²) in [4.78, 5) is 4.61. The first kappa shape index (κ1) is 40.5. The standard InChI is InChI=1S/C66H42N2O3/c1-3-15-43(16-4-1)45-29-33-47(34-30-45)67(59-25-13-23-55-53-21-9-11-27-61(53)70-65(55)59)49-37-39-63-57(41-49)51-19-7-8-20-52(51)58-42-50(38-40-64(58)69-63)68(48-35-31-46(32-36-48)44-17-5-2-6-18-44)60-26-14-24-56-54-22-10-12-28-62(54)71-66(56)60/h1-42H. The van der Waals surface area contributed by atoms with Crippen LogP contribution in [-0.2, 0) is 0 Å². The summed E-state index contributed by atoms with van der Waals surface area (Å²) >= 11 is 0. The van der Waals surface area contributed by atoms with Gasteiger partial charge in [-0.1, -0.05) is 170 Å². The molecule has 0 fully saturated rings. The lowest BCUT2D eigenvalue weighted by Gasteiger charge is -2.27. The molecule has 71 heavy (non-hydrogen) atoms. The molecule has 0 radical (unpaired) electrons. The van der Waals surface area contributed by atoms with Crippen molar-refractivity contribution in [1.82, 2.24) is 0 Å². The van der Waals surface area contributed by atoms with Gasteiger partial charge in [-0.25, -0.2) is 0 Å². The molecule has 0 saturated heterocycles. The van der Waals surface area contributed by atoms with Crippen molar-refractivity contribution in [3.8, 4) is 56.0 Å². The van der Waals surface area contributed by atoms with E-state index in [1.54, 1.807) is 0 Å². The fourth-order valence-electron chi connectivity index (χ4n) is 10.5. The van der Waals surface area contributed by atoms with E-state index in [0.29, 0.717) is 0 Å². The van der Waals surface area contributed by atoms with Crippen LogP contribution in [0, 0.1) is 0 Å². The number of nitrogens with zero attached hydrogens (tertiary/aromatic N) is 2. The number of ether oxygens (including phenoxy) is 1. The van der Waals surface area contributed by atoms with Crippen LogP contribution in [0.2, 0.25) is 0 Å². The molecule has 1 aliphatic rings. The SMILES string of the molecule is c1ccc(-c2ccc(N(c3ccc4c(c3)-c3ccccc3-c3cc(N(c5ccc(-c6ccccc6)cc5)c5cccc6c5oc5ccccc56)ccc3O4)c3cccc4c3oc3ccccc34)cc2)cc1. The van der Waals surface area contributed by atoms with E-state index >= 15 is 0 Å². The monoisotopic (exact) mass is 910 g/mol. The van der Waals surface area contributed by atoms with E-state index in [1.807, 2.05) is 24.3 Å². The van der Waals surface area contributed by atoms with E-state index < -0.39 is 0 Å². The van der Waals surface area contributed by atoms with Crippen molar-refractivity contribution in [3.05, 3.63) is 255 Å². The second-order valence-electron chi connectivity index (χ2n) is 18.0. The van der Waals surface area contributed by atoms with Crippen LogP contribution in [0.5, 0.6) is 11.5 Å². The minimum atomic E-state index is 0.773. The molecule has 11 aromatic carbocycles. The summed E-state index contributed by atoms with van der Waals surface area (Å²) in [5.41, 5.74) is 17.9. The van der Waals surface area contributed by atoms with Crippen LogP contribution in [0.15, 0.2) is 264 Å². The Bertz CT molecular complexity index is 3870. The molecule has 0 amide bonds. The predicted octanol–water partition coefficient (Wildman–Crippen LogP) is 19.2. The molecular formula is C66H42N2O3. The zero-order valence-corrected chi connectivity index (χ0v) is 38.4. The quantitative estimate of drug-likeness (QED) is 0.152. The van der Waals surface area contributed by atoms with Crippen molar-refractivity contribution < 1.29 is 13.6 Å². The minimum Gasteiger partial charge on any atom is -0.456 e. The van der Waals surface area contributed by atoms with Crippen molar-refractivity contribution in [1.29, 1.82) is 0 Å². The minimum absolute atomic E-state index is 0.773. The van der Waals surface area contributed by atoms with Gasteiger partial charge in [0.25, 0.3) is 0 Å². The van der Waals surface area contributed by atoms with Crippen LogP contribution in [0.3, 0.4) is 0 Å². The third kappa shape index (κ3) is 6.86. The van der Waals surface area contributed by atoms with Gasteiger partial charge in [0.15, 0.2) is 11.2 Å². The lowest BCUT2D eigenvalue weighted by atomic mass is 9.93. The number of anilines is 6. The van der Waals surface area contributed by atoms with Gasteiger partial charge in [0.1, 0.15) is 22.7 Å². The molecule has 5 nitrogen and oxygen atoms in total. The summed E-state index contributed by atoms with van der Waals surface area (Å²) in [6.07, 6.45) is 0. The van der Waals surface area contributed by atoms with Gasteiger partial charge in [0.2, 0.25) is 0 Å². The van der Waals surface area contributed by atoms with Crippen LogP contribution >= 0.6 is 0 Å². The van der Waals surface area contributed by atoms with E-state index in [9.17, 15) is 0 Å². The summed E-state index contributed by atoms with van der Waals surface area (Å²) in [5, 5.41) is 4.30. The molecule has 0 saturated carbocycles. The van der Waals surface area contributed by atoms with Crippen molar-refractivity contribution in [2.75, 3.05) is 9.80 Å². The number of hydrogen-bond acceptors (Lipinski definition) is 5. The Hall–Kier alpha value is -9.58. The molecular weight excluding hydrogens is 869 g/mol. The van der Waals surface area contributed by atoms with Gasteiger partial charge in [-0.2, -0.15) is 0 Å². The van der Waals surface area contributed by atoms with E-state index in [0.717, 1.165) is 123 Å². The maximum atomic E-state index is 7.05. The average molecular weight is 911 g/mol. The zero-order chi connectivity index (χ0) is 46.8. The van der Waals surface area contributed by atoms with Crippen molar-refractivity contribution in [2.45, 2.75) is 0 Å². The normalized spacial score (nSPS) is 11.8. The van der Waals surface area contributed by atoms with Crippen LogP contribution in [0.4, 0.5) is 34.1 Å². The van der Waals surface area contributed by atoms with Gasteiger partial charge in [0, 0.05) is 55.4 Å². The number of hydrogen-bond donors (Lipinski definition) is 0. The molecule has 0 unspecified atom stereocenters. The number of rotatable bonds is 8. The first-order valence-electron chi connectivity index (χ1n) is 24.0. The Kier molecular flexibility index (Phi) is 9.46. The fourth-order valence-corrected chi connectivity index (χ4v) is 10.5. The Morgan fingerprint density at radius 2 is 0.620 bits per heavy atom. The second-order valence-corrected chi connectivity index (χ2v) is 18.0. The summed E-state index contributed by atoms with van der Waals surface area (Å²) < 4.78 is 20.5. The predicted molar refractivity (Wildman–Crippen MR) is 292 cm³/mol. The molecule has 0 aliphatic carbocycles. The molecule has 1 aliphatic heterocycles. The molecule has 5 heteroatoms. The maximum Gasteiger partial charge on any atom is 0.159 e. The zero-order valence-electron chi connectivity index (χ0n) is 38.4. The molecule has 0 N–H and O–H groups in total. The largest absolute Gasteiger partial charge is 0.456 e. The van der Waals surface area contributed by atoms with E-state index in [4.69, 9.17) is 13.6 Å². The summed E-state index contributed by atoms with van der Waals surface area (Å²) in [7, 11) is 0. The van der Waals surface area contributed by atoms with Crippen molar-refractivity contribution >= 4 is 78.0 Å². The molecule has 13 aromatic rings. The van der Waals surface area contributed by atoms with E-state index in [2.05, 4.69) is 240 Å². The molecule has 3 heterocycles. The number of para-hydroxylation sites is 4. The second kappa shape index (κ2) is 16.6. The molecule has 0 bridgehead atoms. The van der Waals surface area contributed by atoms with Crippen LogP contribution in [0.1, 0.15) is 0 Å². The maximum absolute atomic E-state index is 7.05. The van der Waals surface area contributed by atoms with Crippen molar-refractivity contribution in [2.24, 2.45) is 0 Å². The van der Waals surface area contributed by atoms with Crippen LogP contribution in [0.25, 0.3) is 88.4 Å². The highest BCUT2D eigenvalue weighted by molar-refractivity contribution is 6.12. The first-order valence-corrected chi connectivity index (χ1v) is 24.0. The molecule has 2 aromatic heterocycles. The smallest absolute Gasteiger partial charge is 0.159 e. The highest BCUT2D eigenvalue weighted by Crippen LogP contribution is 2.52. The van der Waals surface area contributed by atoms with Crippen LogP contribution < -0.4 is 14.5 Å². The van der Waals surface area contributed by atoms with Gasteiger partial charge >= 0.3 is 0 Å². The van der Waals surface area contributed by atoms with Gasteiger partial charge in [0.05, 0.1) is 11.4 Å². The number of furan rings is 2. The Balaban J connectivity index is 0.921. The lowest BCUT2D eigenvalue weighted by Crippen LogP contribution is -2.10. The highest BCUT2D eigenvalue weighted by atomic mass is 16.5. The Labute approximate surface area is 410 Å². The lowest BCUT2D eigenvalue weighted by molar-refractivity contribution is 0.488. The number of fused-ring (bicyclic) bond motifs is 11. The third-order valence-electron chi connectivity index (χ3n) is 13.9. The average Bonchev–Trinajstić information content (AvgIpc) is 3.98. The van der Waals surface area contributed by atoms with E-state index in [-0.39, 0.29) is 0 Å². The number of benzene rings is 11. The van der Waals surface area contributed by atoms with Gasteiger partial charge < -0.3 is 23.4 Å². The highest BCUT2D eigenvalue weighted by Gasteiger charge is 2.27. The van der Waals surface area contributed by atoms with Crippen molar-refractivity contribution in [3.63, 3.8) is 0 Å². The van der Waals surface area contributed by atoms with Gasteiger partial charge in [-0.3, -0.25) is 0 Å². The first-order chi connectivity index (χ1) is 35.2. The molecule has 334 valence electrons. The fraction of sp³-hybridized carbons (Fsp3) is 0. The Morgan fingerprint density at radius 3 is 1.07 bits per heavy atom.